The van der Waals surface area contributed by atoms with Crippen LogP contribution in [0, 0.1) is 5.92 Å². The molecular weight excluding hydrogens is 292 g/mol. The molecular formula is C15H19ClN2O3. The number of carbonyl (C=O) groups excluding carboxylic acids is 2. The van der Waals surface area contributed by atoms with Crippen molar-refractivity contribution in [2.45, 2.75) is 25.9 Å². The summed E-state index contributed by atoms with van der Waals surface area (Å²) in [6.07, 6.45) is 0.609. The van der Waals surface area contributed by atoms with Crippen molar-refractivity contribution in [2.75, 3.05) is 13.1 Å². The Hall–Kier alpha value is -1.75. The van der Waals surface area contributed by atoms with Gasteiger partial charge in [0.05, 0.1) is 5.92 Å². The highest BCUT2D eigenvalue weighted by Gasteiger charge is 2.38. The summed E-state index contributed by atoms with van der Waals surface area (Å²) in [5.74, 6) is -0.202. The molecule has 21 heavy (non-hydrogen) atoms. The maximum atomic E-state index is 12.5. The van der Waals surface area contributed by atoms with Crippen molar-refractivity contribution in [3.8, 4) is 5.75 Å². The largest absolute Gasteiger partial charge is 0.478 e. The van der Waals surface area contributed by atoms with Crippen molar-refractivity contribution in [2.24, 2.45) is 11.7 Å². The number of benzene rings is 1. The third-order valence-corrected chi connectivity index (χ3v) is 3.83. The van der Waals surface area contributed by atoms with Crippen LogP contribution >= 0.6 is 11.6 Å². The number of ether oxygens (including phenoxy) is 1. The summed E-state index contributed by atoms with van der Waals surface area (Å²) in [6, 6.07) is 6.84. The SMILES string of the molecule is CC(C)(Oc1ccc(Cl)cc1)C(=O)N1CCC(C(N)=O)C1. The first-order chi connectivity index (χ1) is 9.79. The number of hydrogen-bond donors (Lipinski definition) is 1. The molecule has 2 amide bonds. The summed E-state index contributed by atoms with van der Waals surface area (Å²) in [5, 5.41) is 0.607. The van der Waals surface area contributed by atoms with E-state index in [0.29, 0.717) is 30.3 Å². The Kier molecular flexibility index (Phi) is 4.42. The lowest BCUT2D eigenvalue weighted by atomic mass is 10.1. The van der Waals surface area contributed by atoms with Crippen molar-refractivity contribution in [1.82, 2.24) is 4.90 Å². The van der Waals surface area contributed by atoms with E-state index >= 15 is 0 Å². The molecule has 1 aliphatic heterocycles. The Labute approximate surface area is 129 Å². The van der Waals surface area contributed by atoms with Crippen molar-refractivity contribution in [3.05, 3.63) is 29.3 Å². The van der Waals surface area contributed by atoms with Crippen LogP contribution in [0.25, 0.3) is 0 Å². The Morgan fingerprint density at radius 3 is 2.48 bits per heavy atom. The molecule has 2 rings (SSSR count). The summed E-state index contributed by atoms with van der Waals surface area (Å²) in [5.41, 5.74) is 4.27. The molecule has 1 fully saturated rings. The Morgan fingerprint density at radius 2 is 1.95 bits per heavy atom. The third-order valence-electron chi connectivity index (χ3n) is 3.58. The fraction of sp³-hybridized carbons (Fsp3) is 0.467. The molecule has 0 saturated carbocycles. The number of primary amides is 1. The average Bonchev–Trinajstić information content (AvgIpc) is 2.90. The topological polar surface area (TPSA) is 72.6 Å². The van der Waals surface area contributed by atoms with E-state index in [1.54, 1.807) is 43.0 Å². The molecule has 1 unspecified atom stereocenters. The van der Waals surface area contributed by atoms with E-state index in [0.717, 1.165) is 0 Å². The fourth-order valence-electron chi connectivity index (χ4n) is 2.40. The Bertz CT molecular complexity index is 542. The van der Waals surface area contributed by atoms with Gasteiger partial charge in [0.1, 0.15) is 5.75 Å². The molecule has 1 aliphatic rings. The number of nitrogens with two attached hydrogens (primary N) is 1. The van der Waals surface area contributed by atoms with Crippen LogP contribution in [0.15, 0.2) is 24.3 Å². The molecule has 6 heteroatoms. The molecule has 1 atom stereocenters. The number of nitrogens with zero attached hydrogens (tertiary/aromatic N) is 1. The maximum Gasteiger partial charge on any atom is 0.266 e. The number of amides is 2. The summed E-state index contributed by atoms with van der Waals surface area (Å²) in [7, 11) is 0. The van der Waals surface area contributed by atoms with Gasteiger partial charge in [0.2, 0.25) is 5.91 Å². The fourth-order valence-corrected chi connectivity index (χ4v) is 2.52. The van der Waals surface area contributed by atoms with Gasteiger partial charge >= 0.3 is 0 Å². The smallest absolute Gasteiger partial charge is 0.266 e. The Balaban J connectivity index is 2.03. The standard InChI is InChI=1S/C15H19ClN2O3/c1-15(2,21-12-5-3-11(16)4-6-12)14(20)18-8-7-10(9-18)13(17)19/h3-6,10H,7-9H2,1-2H3,(H2,17,19). The van der Waals surface area contributed by atoms with Gasteiger partial charge in [-0.05, 0) is 44.5 Å². The highest BCUT2D eigenvalue weighted by molar-refractivity contribution is 6.30. The molecule has 1 heterocycles. The quantitative estimate of drug-likeness (QED) is 0.922. The van der Waals surface area contributed by atoms with Gasteiger partial charge in [0, 0.05) is 18.1 Å². The molecule has 0 radical (unpaired) electrons. The number of carbonyl (C=O) groups is 2. The summed E-state index contributed by atoms with van der Waals surface area (Å²) in [4.78, 5) is 25.3. The Morgan fingerprint density at radius 1 is 1.33 bits per heavy atom. The van der Waals surface area contributed by atoms with Crippen LogP contribution in [0.5, 0.6) is 5.75 Å². The molecule has 114 valence electrons. The number of hydrogen-bond acceptors (Lipinski definition) is 3. The summed E-state index contributed by atoms with van der Waals surface area (Å²) >= 11 is 5.82. The minimum Gasteiger partial charge on any atom is -0.478 e. The van der Waals surface area contributed by atoms with Crippen molar-refractivity contribution >= 4 is 23.4 Å². The summed E-state index contributed by atoms with van der Waals surface area (Å²) < 4.78 is 5.76. The lowest BCUT2D eigenvalue weighted by Gasteiger charge is -2.30. The van der Waals surface area contributed by atoms with E-state index in [1.165, 1.54) is 0 Å². The summed E-state index contributed by atoms with van der Waals surface area (Å²) in [6.45, 7) is 4.31. The first-order valence-electron chi connectivity index (χ1n) is 6.83. The van der Waals surface area contributed by atoms with E-state index < -0.39 is 5.60 Å². The number of halogens is 1. The van der Waals surface area contributed by atoms with E-state index in [9.17, 15) is 9.59 Å². The molecule has 0 bridgehead atoms. The molecule has 1 saturated heterocycles. The average molecular weight is 311 g/mol. The zero-order valence-electron chi connectivity index (χ0n) is 12.1. The second-order valence-corrected chi connectivity index (χ2v) is 6.14. The van der Waals surface area contributed by atoms with Crippen molar-refractivity contribution in [3.63, 3.8) is 0 Å². The van der Waals surface area contributed by atoms with Gasteiger partial charge in [-0.3, -0.25) is 9.59 Å². The normalized spacial score (nSPS) is 18.6. The lowest BCUT2D eigenvalue weighted by molar-refractivity contribution is -0.144. The van der Waals surface area contributed by atoms with Crippen LogP contribution in [-0.4, -0.2) is 35.4 Å². The monoisotopic (exact) mass is 310 g/mol. The zero-order chi connectivity index (χ0) is 15.6. The minimum absolute atomic E-state index is 0.152. The van der Waals surface area contributed by atoms with Crippen LogP contribution in [0.2, 0.25) is 5.02 Å². The highest BCUT2D eigenvalue weighted by Crippen LogP contribution is 2.25. The minimum atomic E-state index is -1.01. The highest BCUT2D eigenvalue weighted by atomic mass is 35.5. The van der Waals surface area contributed by atoms with Gasteiger partial charge in [-0.15, -0.1) is 0 Å². The lowest BCUT2D eigenvalue weighted by Crippen LogP contribution is -2.48. The first kappa shape index (κ1) is 15.6. The predicted octanol–water partition coefficient (Wildman–Crippen LogP) is 1.83. The van der Waals surface area contributed by atoms with Gasteiger partial charge in [-0.2, -0.15) is 0 Å². The van der Waals surface area contributed by atoms with Gasteiger partial charge < -0.3 is 15.4 Å². The van der Waals surface area contributed by atoms with Gasteiger partial charge in [0.25, 0.3) is 5.91 Å². The van der Waals surface area contributed by atoms with Gasteiger partial charge in [-0.1, -0.05) is 11.6 Å². The molecule has 1 aromatic rings. The second kappa shape index (κ2) is 5.93. The maximum absolute atomic E-state index is 12.5. The molecule has 2 N–H and O–H groups in total. The van der Waals surface area contributed by atoms with E-state index in [1.807, 2.05) is 0 Å². The molecule has 0 aromatic heterocycles. The van der Waals surface area contributed by atoms with E-state index in [2.05, 4.69) is 0 Å². The van der Waals surface area contributed by atoms with Crippen LogP contribution in [0.3, 0.4) is 0 Å². The predicted molar refractivity (Wildman–Crippen MR) is 80.0 cm³/mol. The number of rotatable bonds is 4. The molecule has 0 aliphatic carbocycles. The van der Waals surface area contributed by atoms with Crippen molar-refractivity contribution < 1.29 is 14.3 Å². The van der Waals surface area contributed by atoms with Gasteiger partial charge in [0.15, 0.2) is 5.60 Å². The van der Waals surface area contributed by atoms with E-state index in [-0.39, 0.29) is 17.7 Å². The second-order valence-electron chi connectivity index (χ2n) is 5.71. The van der Waals surface area contributed by atoms with Crippen LogP contribution in [0.1, 0.15) is 20.3 Å². The molecule has 5 nitrogen and oxygen atoms in total. The third kappa shape index (κ3) is 3.67. The van der Waals surface area contributed by atoms with Crippen LogP contribution < -0.4 is 10.5 Å². The van der Waals surface area contributed by atoms with Crippen LogP contribution in [-0.2, 0) is 9.59 Å². The first-order valence-corrected chi connectivity index (χ1v) is 7.20. The van der Waals surface area contributed by atoms with E-state index in [4.69, 9.17) is 22.1 Å². The zero-order valence-corrected chi connectivity index (χ0v) is 12.9. The molecule has 1 aromatic carbocycles. The number of likely N-dealkylation sites (tertiary alicyclic amines) is 1. The van der Waals surface area contributed by atoms with Gasteiger partial charge in [-0.25, -0.2) is 0 Å². The molecule has 0 spiro atoms. The van der Waals surface area contributed by atoms with Crippen LogP contribution in [0.4, 0.5) is 0 Å². The van der Waals surface area contributed by atoms with Crippen molar-refractivity contribution in [1.29, 1.82) is 0 Å².